The molecule has 1 atom stereocenters. The highest BCUT2D eigenvalue weighted by Gasteiger charge is 2.01. The Bertz CT molecular complexity index is 273. The summed E-state index contributed by atoms with van der Waals surface area (Å²) in [6.45, 7) is 3.61. The molecule has 3 nitrogen and oxygen atoms in total. The van der Waals surface area contributed by atoms with Gasteiger partial charge in [0.2, 0.25) is 5.88 Å². The van der Waals surface area contributed by atoms with Crippen LogP contribution in [-0.4, -0.2) is 12.1 Å². The number of hydrogen-bond donors (Lipinski definition) is 1. The molecule has 0 aliphatic rings. The van der Waals surface area contributed by atoms with Gasteiger partial charge in [0.15, 0.2) is 0 Å². The lowest BCUT2D eigenvalue weighted by Gasteiger charge is -2.06. The van der Waals surface area contributed by atoms with Crippen molar-refractivity contribution in [2.45, 2.75) is 6.04 Å². The monoisotopic (exact) mass is 164 g/mol. The van der Waals surface area contributed by atoms with Gasteiger partial charge in [0.1, 0.15) is 0 Å². The third kappa shape index (κ3) is 1.83. The van der Waals surface area contributed by atoms with Gasteiger partial charge in [-0.15, -0.1) is 6.58 Å². The Labute approximate surface area is 71.9 Å². The Morgan fingerprint density at radius 2 is 2.50 bits per heavy atom. The quantitative estimate of drug-likeness (QED) is 0.684. The molecule has 0 saturated heterocycles. The lowest BCUT2D eigenvalue weighted by atomic mass is 10.1. The standard InChI is InChI=1S/C9H12N2O/c1-3-8(10)7-4-5-11-9(6-7)12-2/h3-6,8H,1,10H2,2H3/t8-/m1/s1. The van der Waals surface area contributed by atoms with Crippen LogP contribution in [0.4, 0.5) is 0 Å². The Balaban J connectivity index is 2.93. The van der Waals surface area contributed by atoms with E-state index in [1.165, 1.54) is 0 Å². The van der Waals surface area contributed by atoms with Crippen LogP contribution in [0.1, 0.15) is 11.6 Å². The van der Waals surface area contributed by atoms with Gasteiger partial charge in [0, 0.05) is 18.3 Å². The van der Waals surface area contributed by atoms with Crippen molar-refractivity contribution < 1.29 is 4.74 Å². The zero-order chi connectivity index (χ0) is 8.97. The summed E-state index contributed by atoms with van der Waals surface area (Å²) >= 11 is 0. The van der Waals surface area contributed by atoms with Gasteiger partial charge in [-0.2, -0.15) is 0 Å². The molecule has 0 radical (unpaired) electrons. The van der Waals surface area contributed by atoms with Crippen molar-refractivity contribution in [1.29, 1.82) is 0 Å². The second-order valence-corrected chi connectivity index (χ2v) is 2.39. The van der Waals surface area contributed by atoms with E-state index in [0.29, 0.717) is 5.88 Å². The summed E-state index contributed by atoms with van der Waals surface area (Å²) in [5, 5.41) is 0. The molecule has 0 fully saturated rings. The number of rotatable bonds is 3. The van der Waals surface area contributed by atoms with Gasteiger partial charge in [0.25, 0.3) is 0 Å². The van der Waals surface area contributed by atoms with E-state index in [-0.39, 0.29) is 6.04 Å². The number of aromatic nitrogens is 1. The van der Waals surface area contributed by atoms with Crippen LogP contribution in [0.25, 0.3) is 0 Å². The fourth-order valence-corrected chi connectivity index (χ4v) is 0.880. The highest BCUT2D eigenvalue weighted by atomic mass is 16.5. The molecular weight excluding hydrogens is 152 g/mol. The van der Waals surface area contributed by atoms with Crippen molar-refractivity contribution >= 4 is 0 Å². The summed E-state index contributed by atoms with van der Waals surface area (Å²) in [6.07, 6.45) is 3.34. The van der Waals surface area contributed by atoms with Gasteiger partial charge in [-0.1, -0.05) is 6.08 Å². The molecule has 0 aromatic carbocycles. The first-order chi connectivity index (χ1) is 5.77. The van der Waals surface area contributed by atoms with Gasteiger partial charge >= 0.3 is 0 Å². The maximum atomic E-state index is 5.72. The lowest BCUT2D eigenvalue weighted by molar-refractivity contribution is 0.397. The molecule has 0 bridgehead atoms. The van der Waals surface area contributed by atoms with Crippen LogP contribution >= 0.6 is 0 Å². The van der Waals surface area contributed by atoms with E-state index in [1.807, 2.05) is 6.07 Å². The predicted octanol–water partition coefficient (Wildman–Crippen LogP) is 1.28. The summed E-state index contributed by atoms with van der Waals surface area (Å²) < 4.78 is 4.95. The van der Waals surface area contributed by atoms with E-state index in [2.05, 4.69) is 11.6 Å². The van der Waals surface area contributed by atoms with Crippen LogP contribution in [0.15, 0.2) is 31.0 Å². The third-order valence-electron chi connectivity index (χ3n) is 1.61. The van der Waals surface area contributed by atoms with Gasteiger partial charge < -0.3 is 10.5 Å². The van der Waals surface area contributed by atoms with Crippen LogP contribution in [-0.2, 0) is 0 Å². The van der Waals surface area contributed by atoms with E-state index < -0.39 is 0 Å². The molecule has 0 spiro atoms. The number of nitrogens with zero attached hydrogens (tertiary/aromatic N) is 1. The molecule has 3 heteroatoms. The molecule has 0 aliphatic heterocycles. The van der Waals surface area contributed by atoms with E-state index in [4.69, 9.17) is 10.5 Å². The fraction of sp³-hybridized carbons (Fsp3) is 0.222. The van der Waals surface area contributed by atoms with Crippen LogP contribution in [0.5, 0.6) is 5.88 Å². The molecule has 1 rings (SSSR count). The molecule has 1 aromatic heterocycles. The first-order valence-electron chi connectivity index (χ1n) is 3.66. The van der Waals surface area contributed by atoms with Gasteiger partial charge in [0.05, 0.1) is 7.11 Å². The first kappa shape index (κ1) is 8.74. The molecule has 1 heterocycles. The zero-order valence-electron chi connectivity index (χ0n) is 7.03. The van der Waals surface area contributed by atoms with Crippen LogP contribution in [0.2, 0.25) is 0 Å². The van der Waals surface area contributed by atoms with Crippen molar-refractivity contribution in [1.82, 2.24) is 4.98 Å². The predicted molar refractivity (Wildman–Crippen MR) is 47.9 cm³/mol. The van der Waals surface area contributed by atoms with Gasteiger partial charge in [-0.05, 0) is 11.6 Å². The number of methoxy groups -OCH3 is 1. The molecule has 12 heavy (non-hydrogen) atoms. The zero-order valence-corrected chi connectivity index (χ0v) is 7.03. The second kappa shape index (κ2) is 3.88. The minimum Gasteiger partial charge on any atom is -0.481 e. The summed E-state index contributed by atoms with van der Waals surface area (Å²) in [5.74, 6) is 0.574. The number of hydrogen-bond acceptors (Lipinski definition) is 3. The van der Waals surface area contributed by atoms with Crippen molar-refractivity contribution in [2.75, 3.05) is 7.11 Å². The maximum absolute atomic E-state index is 5.72. The third-order valence-corrected chi connectivity index (χ3v) is 1.61. The van der Waals surface area contributed by atoms with Crippen LogP contribution < -0.4 is 10.5 Å². The lowest BCUT2D eigenvalue weighted by Crippen LogP contribution is -2.06. The SMILES string of the molecule is C=C[C@@H](N)c1ccnc(OC)c1. The van der Waals surface area contributed by atoms with E-state index in [1.54, 1.807) is 25.4 Å². The van der Waals surface area contributed by atoms with Crippen molar-refractivity contribution in [3.63, 3.8) is 0 Å². The Morgan fingerprint density at radius 3 is 3.08 bits per heavy atom. The van der Waals surface area contributed by atoms with E-state index in [0.717, 1.165) is 5.56 Å². The second-order valence-electron chi connectivity index (χ2n) is 2.39. The average molecular weight is 164 g/mol. The molecule has 0 saturated carbocycles. The smallest absolute Gasteiger partial charge is 0.213 e. The molecule has 0 unspecified atom stereocenters. The first-order valence-corrected chi connectivity index (χ1v) is 3.66. The summed E-state index contributed by atoms with van der Waals surface area (Å²) in [4.78, 5) is 3.96. The number of ether oxygens (including phenoxy) is 1. The Morgan fingerprint density at radius 1 is 1.75 bits per heavy atom. The highest BCUT2D eigenvalue weighted by Crippen LogP contribution is 2.14. The van der Waals surface area contributed by atoms with Gasteiger partial charge in [-0.25, -0.2) is 4.98 Å². The summed E-state index contributed by atoms with van der Waals surface area (Å²) in [6, 6.07) is 3.49. The van der Waals surface area contributed by atoms with Crippen molar-refractivity contribution in [3.05, 3.63) is 36.5 Å². The minimum absolute atomic E-state index is 0.151. The molecule has 1 aromatic rings. The fourth-order valence-electron chi connectivity index (χ4n) is 0.880. The molecule has 64 valence electrons. The highest BCUT2D eigenvalue weighted by molar-refractivity contribution is 5.25. The summed E-state index contributed by atoms with van der Waals surface area (Å²) in [7, 11) is 1.57. The van der Waals surface area contributed by atoms with Crippen LogP contribution in [0.3, 0.4) is 0 Å². The maximum Gasteiger partial charge on any atom is 0.213 e. The average Bonchev–Trinajstić information content (AvgIpc) is 2.17. The molecule has 2 N–H and O–H groups in total. The van der Waals surface area contributed by atoms with Gasteiger partial charge in [-0.3, -0.25) is 0 Å². The number of nitrogens with two attached hydrogens (primary N) is 1. The Hall–Kier alpha value is -1.35. The van der Waals surface area contributed by atoms with Crippen molar-refractivity contribution in [2.24, 2.45) is 5.73 Å². The largest absolute Gasteiger partial charge is 0.481 e. The van der Waals surface area contributed by atoms with Crippen molar-refractivity contribution in [3.8, 4) is 5.88 Å². The van der Waals surface area contributed by atoms with E-state index in [9.17, 15) is 0 Å². The normalized spacial score (nSPS) is 12.2. The van der Waals surface area contributed by atoms with Crippen LogP contribution in [0, 0.1) is 0 Å². The molecule has 0 amide bonds. The Kier molecular flexibility index (Phi) is 2.82. The minimum atomic E-state index is -0.151. The topological polar surface area (TPSA) is 48.1 Å². The summed E-state index contributed by atoms with van der Waals surface area (Å²) in [5.41, 5.74) is 6.67. The molecule has 0 aliphatic carbocycles. The number of pyridine rings is 1. The molecular formula is C9H12N2O. The van der Waals surface area contributed by atoms with E-state index >= 15 is 0 Å².